The zero-order chi connectivity index (χ0) is 27.2. The van der Waals surface area contributed by atoms with E-state index in [1.807, 2.05) is 0 Å². The summed E-state index contributed by atoms with van der Waals surface area (Å²) >= 11 is 0. The fourth-order valence-electron chi connectivity index (χ4n) is 3.82. The van der Waals surface area contributed by atoms with Crippen LogP contribution in [0.5, 0.6) is 0 Å². The number of carbonyl (C=O) groups is 2. The first-order chi connectivity index (χ1) is 16.9. The molecule has 0 spiro atoms. The number of rotatable bonds is 13. The van der Waals surface area contributed by atoms with E-state index in [2.05, 4.69) is 0 Å². The molecule has 2 amide bonds. The smallest absolute Gasteiger partial charge is 0.275 e. The van der Waals surface area contributed by atoms with Crippen molar-refractivity contribution in [2.24, 2.45) is 22.9 Å². The first kappa shape index (κ1) is 28.3. The second kappa shape index (κ2) is 12.1. The Kier molecular flexibility index (Phi) is 9.52. The van der Waals surface area contributed by atoms with Crippen LogP contribution in [-0.4, -0.2) is 47.1 Å². The molecule has 0 aliphatic carbocycles. The summed E-state index contributed by atoms with van der Waals surface area (Å²) in [5, 5.41) is 23.5. The Bertz CT molecular complexity index is 1070. The van der Waals surface area contributed by atoms with Crippen molar-refractivity contribution in [3.05, 3.63) is 78.9 Å². The number of primary amides is 2. The molecule has 0 bridgehead atoms. The van der Waals surface area contributed by atoms with E-state index in [4.69, 9.17) is 32.4 Å². The van der Waals surface area contributed by atoms with Crippen LogP contribution in [0.25, 0.3) is 0 Å². The third kappa shape index (κ3) is 6.17. The van der Waals surface area contributed by atoms with Gasteiger partial charge in [-0.25, -0.2) is 0 Å². The summed E-state index contributed by atoms with van der Waals surface area (Å²) in [6.07, 6.45) is -2.23. The number of nitrogens with zero attached hydrogens (tertiary/aromatic N) is 2. The van der Waals surface area contributed by atoms with Crippen molar-refractivity contribution in [3.8, 4) is 0 Å². The quantitative estimate of drug-likeness (QED) is 0.224. The molecular formula is C22H28N6O8. The molecule has 36 heavy (non-hydrogen) atoms. The molecule has 0 aliphatic heterocycles. The van der Waals surface area contributed by atoms with Gasteiger partial charge in [-0.15, -0.1) is 0 Å². The van der Waals surface area contributed by atoms with Crippen LogP contribution in [-0.2, 0) is 9.47 Å². The highest BCUT2D eigenvalue weighted by molar-refractivity contribution is 5.94. The van der Waals surface area contributed by atoms with Gasteiger partial charge in [-0.05, 0) is 38.1 Å². The predicted octanol–water partition coefficient (Wildman–Crippen LogP) is 1.21. The van der Waals surface area contributed by atoms with Crippen molar-refractivity contribution in [1.82, 2.24) is 0 Å². The number of benzene rings is 2. The Balaban J connectivity index is 2.62. The van der Waals surface area contributed by atoms with Gasteiger partial charge in [-0.3, -0.25) is 29.8 Å². The van der Waals surface area contributed by atoms with Gasteiger partial charge in [0.1, 0.15) is 12.2 Å². The molecule has 2 unspecified atom stereocenters. The van der Waals surface area contributed by atoms with Crippen LogP contribution in [0.1, 0.15) is 57.8 Å². The van der Waals surface area contributed by atoms with Crippen LogP contribution in [0.4, 0.5) is 11.4 Å². The van der Waals surface area contributed by atoms with E-state index >= 15 is 0 Å². The van der Waals surface area contributed by atoms with Crippen molar-refractivity contribution in [1.29, 1.82) is 0 Å². The monoisotopic (exact) mass is 504 g/mol. The predicted molar refractivity (Wildman–Crippen MR) is 128 cm³/mol. The van der Waals surface area contributed by atoms with Gasteiger partial charge < -0.3 is 32.4 Å². The third-order valence-electron chi connectivity index (χ3n) is 5.49. The standard InChI is InChI=1S/C22H28N6O8/c1-3-35-19(17(23)13-7-5-11(21(25)29)9-15(13)27(31)32)20(36-4-2)18(24)14-8-6-12(22(26)30)10-16(14)28(33)34/h5-10,17-20H,3-4,23-24H2,1-2H3,(H2,25,29)(H2,26,30)/t17?,18?,19-,20-/m0/s1. The van der Waals surface area contributed by atoms with E-state index in [0.717, 1.165) is 12.1 Å². The molecule has 4 atom stereocenters. The van der Waals surface area contributed by atoms with Crippen LogP contribution >= 0.6 is 0 Å². The zero-order valence-corrected chi connectivity index (χ0v) is 19.7. The van der Waals surface area contributed by atoms with Gasteiger partial charge in [0, 0.05) is 47.6 Å². The molecule has 0 heterocycles. The molecule has 8 N–H and O–H groups in total. The lowest BCUT2D eigenvalue weighted by atomic mass is 9.89. The highest BCUT2D eigenvalue weighted by Gasteiger charge is 2.39. The minimum atomic E-state index is -1.20. The molecule has 2 aromatic carbocycles. The molecular weight excluding hydrogens is 476 g/mol. The molecule has 14 heteroatoms. The molecule has 0 radical (unpaired) electrons. The van der Waals surface area contributed by atoms with Crippen LogP contribution in [0, 0.1) is 20.2 Å². The Morgan fingerprint density at radius 3 is 1.36 bits per heavy atom. The van der Waals surface area contributed by atoms with E-state index in [1.54, 1.807) is 13.8 Å². The van der Waals surface area contributed by atoms with Gasteiger partial charge >= 0.3 is 0 Å². The highest BCUT2D eigenvalue weighted by atomic mass is 16.6. The Morgan fingerprint density at radius 1 is 0.778 bits per heavy atom. The molecule has 0 saturated carbocycles. The second-order valence-corrected chi connectivity index (χ2v) is 7.68. The number of nitro groups is 2. The van der Waals surface area contributed by atoms with Crippen LogP contribution in [0.3, 0.4) is 0 Å². The molecule has 2 aromatic rings. The summed E-state index contributed by atoms with van der Waals surface area (Å²) in [5.74, 6) is -1.72. The van der Waals surface area contributed by atoms with Crippen molar-refractivity contribution < 1.29 is 28.9 Å². The van der Waals surface area contributed by atoms with E-state index in [-0.39, 0.29) is 35.5 Å². The van der Waals surface area contributed by atoms with Gasteiger partial charge in [0.25, 0.3) is 11.4 Å². The number of hydrogen-bond acceptors (Lipinski definition) is 10. The van der Waals surface area contributed by atoms with Crippen LogP contribution in [0.15, 0.2) is 36.4 Å². The SMILES string of the molecule is CCO[C@@H](C(N)c1ccc(C(N)=O)cc1[N+](=O)[O-])[C@@H](OCC)C(N)c1ccc(C(N)=O)cc1[N+](=O)[O-]. The number of nitro benzene ring substituents is 2. The second-order valence-electron chi connectivity index (χ2n) is 7.68. The summed E-state index contributed by atoms with van der Waals surface area (Å²) in [6.45, 7) is 3.51. The summed E-state index contributed by atoms with van der Waals surface area (Å²) in [6, 6.07) is 4.76. The third-order valence-corrected chi connectivity index (χ3v) is 5.49. The van der Waals surface area contributed by atoms with E-state index in [0.29, 0.717) is 0 Å². The maximum absolute atomic E-state index is 11.7. The maximum Gasteiger partial charge on any atom is 0.275 e. The molecule has 0 aliphatic rings. The van der Waals surface area contributed by atoms with Gasteiger partial charge in [-0.2, -0.15) is 0 Å². The maximum atomic E-state index is 11.7. The fourth-order valence-corrected chi connectivity index (χ4v) is 3.82. The van der Waals surface area contributed by atoms with Crippen molar-refractivity contribution in [3.63, 3.8) is 0 Å². The molecule has 2 rings (SSSR count). The minimum absolute atomic E-state index is 0.0129. The summed E-state index contributed by atoms with van der Waals surface area (Å²) in [5.41, 5.74) is 22.2. The lowest BCUT2D eigenvalue weighted by Crippen LogP contribution is -2.46. The Morgan fingerprint density at radius 2 is 1.11 bits per heavy atom. The minimum Gasteiger partial charge on any atom is -0.374 e. The molecule has 194 valence electrons. The van der Waals surface area contributed by atoms with Gasteiger partial charge in [0.2, 0.25) is 11.8 Å². The Hall–Kier alpha value is -3.98. The van der Waals surface area contributed by atoms with Crippen LogP contribution in [0.2, 0.25) is 0 Å². The molecule has 14 nitrogen and oxygen atoms in total. The topological polar surface area (TPSA) is 243 Å². The first-order valence-electron chi connectivity index (χ1n) is 10.8. The lowest BCUT2D eigenvalue weighted by molar-refractivity contribution is -0.386. The van der Waals surface area contributed by atoms with Gasteiger partial charge in [-0.1, -0.05) is 0 Å². The van der Waals surface area contributed by atoms with E-state index in [9.17, 15) is 29.8 Å². The summed E-state index contributed by atoms with van der Waals surface area (Å²) in [7, 11) is 0. The molecule has 0 fully saturated rings. The highest BCUT2D eigenvalue weighted by Crippen LogP contribution is 2.35. The average Bonchev–Trinajstić information content (AvgIpc) is 2.84. The fraction of sp³-hybridized carbons (Fsp3) is 0.364. The average molecular weight is 505 g/mol. The number of ether oxygens (including phenoxy) is 2. The summed E-state index contributed by atoms with van der Waals surface area (Å²) < 4.78 is 11.6. The largest absolute Gasteiger partial charge is 0.374 e. The Labute approximate surface area is 205 Å². The number of nitrogens with two attached hydrogens (primary N) is 4. The zero-order valence-electron chi connectivity index (χ0n) is 19.7. The van der Waals surface area contributed by atoms with Gasteiger partial charge in [0.05, 0.1) is 21.9 Å². The number of amides is 2. The first-order valence-corrected chi connectivity index (χ1v) is 10.8. The number of carbonyl (C=O) groups excluding carboxylic acids is 2. The lowest BCUT2D eigenvalue weighted by Gasteiger charge is -2.34. The van der Waals surface area contributed by atoms with Crippen molar-refractivity contribution in [2.75, 3.05) is 13.2 Å². The normalized spacial score (nSPS) is 14.4. The van der Waals surface area contributed by atoms with E-state index < -0.39 is 57.3 Å². The summed E-state index contributed by atoms with van der Waals surface area (Å²) in [4.78, 5) is 45.0. The van der Waals surface area contributed by atoms with Crippen LogP contribution < -0.4 is 22.9 Å². The van der Waals surface area contributed by atoms with Crippen molar-refractivity contribution >= 4 is 23.2 Å². The van der Waals surface area contributed by atoms with Gasteiger partial charge in [0.15, 0.2) is 0 Å². The molecule has 0 saturated heterocycles. The molecule has 0 aromatic heterocycles. The van der Waals surface area contributed by atoms with E-state index in [1.165, 1.54) is 24.3 Å². The van der Waals surface area contributed by atoms with Crippen molar-refractivity contribution in [2.45, 2.75) is 38.1 Å². The number of hydrogen-bond donors (Lipinski definition) is 4.